The van der Waals surface area contributed by atoms with Crippen LogP contribution >= 0.6 is 0 Å². The Morgan fingerprint density at radius 1 is 1.14 bits per heavy atom. The first-order valence-corrected chi connectivity index (χ1v) is 10.2. The fourth-order valence-corrected chi connectivity index (χ4v) is 4.12. The van der Waals surface area contributed by atoms with Crippen LogP contribution in [-0.4, -0.2) is 42.5 Å². The number of hydrogen-bond acceptors (Lipinski definition) is 4. The number of ether oxygens (including phenoxy) is 1. The molecule has 150 valence electrons. The number of rotatable bonds is 6. The van der Waals surface area contributed by atoms with Gasteiger partial charge in [-0.1, -0.05) is 30.3 Å². The highest BCUT2D eigenvalue weighted by Gasteiger charge is 2.24. The quantitative estimate of drug-likeness (QED) is 0.689. The molecule has 1 unspecified atom stereocenters. The van der Waals surface area contributed by atoms with Gasteiger partial charge in [0.1, 0.15) is 5.75 Å². The number of carbonyl (C=O) groups excluding carboxylic acids is 1. The highest BCUT2D eigenvalue weighted by atomic mass is 16.5. The van der Waals surface area contributed by atoms with Crippen LogP contribution in [0.15, 0.2) is 54.6 Å². The molecule has 0 bridgehead atoms. The number of methoxy groups -OCH3 is 1. The van der Waals surface area contributed by atoms with Crippen molar-refractivity contribution in [2.24, 2.45) is 0 Å². The van der Waals surface area contributed by atoms with Gasteiger partial charge in [0.15, 0.2) is 0 Å². The summed E-state index contributed by atoms with van der Waals surface area (Å²) < 4.78 is 5.29. The molecular weight excluding hydrogens is 362 g/mol. The largest absolute Gasteiger partial charge is 0.497 e. The first-order chi connectivity index (χ1) is 14.2. The van der Waals surface area contributed by atoms with E-state index >= 15 is 0 Å². The molecule has 1 aromatic heterocycles. The van der Waals surface area contributed by atoms with Gasteiger partial charge in [0.2, 0.25) is 0 Å². The molecule has 3 aromatic rings. The number of para-hydroxylation sites is 1. The van der Waals surface area contributed by atoms with Crippen LogP contribution in [0, 0.1) is 6.92 Å². The number of hydrogen-bond donors (Lipinski definition) is 1. The highest BCUT2D eigenvalue weighted by molar-refractivity contribution is 6.06. The molecule has 5 nitrogen and oxygen atoms in total. The number of carbonyl (C=O) groups is 1. The third kappa shape index (κ3) is 4.25. The second-order valence-electron chi connectivity index (χ2n) is 7.57. The predicted molar refractivity (Wildman–Crippen MR) is 115 cm³/mol. The van der Waals surface area contributed by atoms with Crippen LogP contribution in [0.25, 0.3) is 10.9 Å². The smallest absolute Gasteiger partial charge is 0.252 e. The molecule has 1 atom stereocenters. The standard InChI is InChI=1S/C24H27N3O2/c1-17-15-21(20-7-3-4-8-22(20)26-17)24(28)25-16-23(27-13-5-6-14-27)18-9-11-19(29-2)12-10-18/h3-4,7-12,15,23H,5-6,13-14,16H2,1-2H3,(H,25,28). The lowest BCUT2D eigenvalue weighted by Crippen LogP contribution is -2.36. The number of benzene rings is 2. The van der Waals surface area contributed by atoms with Gasteiger partial charge in [-0.2, -0.15) is 0 Å². The third-order valence-corrected chi connectivity index (χ3v) is 5.63. The Bertz CT molecular complexity index is 995. The molecule has 0 aliphatic carbocycles. The summed E-state index contributed by atoms with van der Waals surface area (Å²) in [4.78, 5) is 20.1. The summed E-state index contributed by atoms with van der Waals surface area (Å²) in [6, 6.07) is 18.0. The monoisotopic (exact) mass is 389 g/mol. The molecule has 29 heavy (non-hydrogen) atoms. The van der Waals surface area contributed by atoms with Gasteiger partial charge >= 0.3 is 0 Å². The summed E-state index contributed by atoms with van der Waals surface area (Å²) in [5.74, 6) is 0.793. The zero-order valence-electron chi connectivity index (χ0n) is 17.0. The highest BCUT2D eigenvalue weighted by Crippen LogP contribution is 2.26. The number of fused-ring (bicyclic) bond motifs is 1. The zero-order chi connectivity index (χ0) is 20.2. The van der Waals surface area contributed by atoms with E-state index < -0.39 is 0 Å². The Kier molecular flexibility index (Phi) is 5.76. The first kappa shape index (κ1) is 19.4. The van der Waals surface area contributed by atoms with Gasteiger partial charge in [-0.15, -0.1) is 0 Å². The van der Waals surface area contributed by atoms with Crippen molar-refractivity contribution < 1.29 is 9.53 Å². The molecule has 0 saturated carbocycles. The van der Waals surface area contributed by atoms with Crippen molar-refractivity contribution in [3.63, 3.8) is 0 Å². The normalized spacial score (nSPS) is 15.4. The van der Waals surface area contributed by atoms with Gasteiger partial charge in [0, 0.05) is 17.6 Å². The van der Waals surface area contributed by atoms with Crippen LogP contribution in [0.5, 0.6) is 5.75 Å². The molecule has 1 saturated heterocycles. The van der Waals surface area contributed by atoms with Crippen LogP contribution in [0.1, 0.15) is 40.5 Å². The minimum atomic E-state index is -0.0515. The molecule has 1 fully saturated rings. The molecule has 1 aliphatic rings. The lowest BCUT2D eigenvalue weighted by atomic mass is 10.0. The average molecular weight is 389 g/mol. The van der Waals surface area contributed by atoms with Gasteiger partial charge in [0.25, 0.3) is 5.91 Å². The molecule has 2 aromatic carbocycles. The Balaban J connectivity index is 1.56. The number of nitrogens with one attached hydrogen (secondary N) is 1. The maximum absolute atomic E-state index is 13.1. The number of aryl methyl sites for hydroxylation is 1. The topological polar surface area (TPSA) is 54.5 Å². The van der Waals surface area contributed by atoms with E-state index in [0.29, 0.717) is 12.1 Å². The number of aromatic nitrogens is 1. The van der Waals surface area contributed by atoms with Crippen LogP contribution < -0.4 is 10.1 Å². The molecule has 2 heterocycles. The lowest BCUT2D eigenvalue weighted by molar-refractivity contribution is 0.0939. The predicted octanol–water partition coefficient (Wildman–Crippen LogP) is 4.12. The van der Waals surface area contributed by atoms with E-state index in [-0.39, 0.29) is 11.9 Å². The number of pyridine rings is 1. The SMILES string of the molecule is COc1ccc(C(CNC(=O)c2cc(C)nc3ccccc23)N2CCCC2)cc1. The minimum absolute atomic E-state index is 0.0515. The van der Waals surface area contributed by atoms with Crippen LogP contribution in [0.2, 0.25) is 0 Å². The van der Waals surface area contributed by atoms with E-state index in [4.69, 9.17) is 4.74 Å². The third-order valence-electron chi connectivity index (χ3n) is 5.63. The summed E-state index contributed by atoms with van der Waals surface area (Å²) in [6.07, 6.45) is 2.41. The van der Waals surface area contributed by atoms with Crippen molar-refractivity contribution >= 4 is 16.8 Å². The van der Waals surface area contributed by atoms with E-state index in [2.05, 4.69) is 27.3 Å². The van der Waals surface area contributed by atoms with Crippen molar-refractivity contribution in [2.45, 2.75) is 25.8 Å². The van der Waals surface area contributed by atoms with Gasteiger partial charge in [0.05, 0.1) is 24.2 Å². The van der Waals surface area contributed by atoms with E-state index in [9.17, 15) is 4.79 Å². The molecule has 1 N–H and O–H groups in total. The van der Waals surface area contributed by atoms with E-state index in [1.807, 2.05) is 49.4 Å². The molecule has 1 amide bonds. The summed E-state index contributed by atoms with van der Waals surface area (Å²) in [7, 11) is 1.67. The molecule has 4 rings (SSSR count). The van der Waals surface area contributed by atoms with E-state index in [0.717, 1.165) is 35.4 Å². The lowest BCUT2D eigenvalue weighted by Gasteiger charge is -2.28. The van der Waals surface area contributed by atoms with Crippen molar-refractivity contribution in [3.05, 3.63) is 71.4 Å². The Morgan fingerprint density at radius 3 is 2.59 bits per heavy atom. The molecule has 0 radical (unpaired) electrons. The molecule has 0 spiro atoms. The first-order valence-electron chi connectivity index (χ1n) is 10.2. The second-order valence-corrected chi connectivity index (χ2v) is 7.57. The van der Waals surface area contributed by atoms with Crippen LogP contribution in [-0.2, 0) is 0 Å². The van der Waals surface area contributed by atoms with Gasteiger partial charge < -0.3 is 10.1 Å². The van der Waals surface area contributed by atoms with Crippen molar-refractivity contribution in [1.82, 2.24) is 15.2 Å². The van der Waals surface area contributed by atoms with Gasteiger partial charge in [-0.3, -0.25) is 14.7 Å². The van der Waals surface area contributed by atoms with Crippen molar-refractivity contribution in [2.75, 3.05) is 26.7 Å². The van der Waals surface area contributed by atoms with E-state index in [1.54, 1.807) is 7.11 Å². The van der Waals surface area contributed by atoms with E-state index in [1.165, 1.54) is 18.4 Å². The van der Waals surface area contributed by atoms with Crippen LogP contribution in [0.3, 0.4) is 0 Å². The molecule has 1 aliphatic heterocycles. The number of nitrogens with zero attached hydrogens (tertiary/aromatic N) is 2. The maximum Gasteiger partial charge on any atom is 0.252 e. The van der Waals surface area contributed by atoms with Crippen molar-refractivity contribution in [1.29, 1.82) is 0 Å². The number of amides is 1. The maximum atomic E-state index is 13.1. The van der Waals surface area contributed by atoms with Gasteiger partial charge in [-0.05, 0) is 62.7 Å². The Hall–Kier alpha value is -2.92. The Labute approximate surface area is 171 Å². The molecule has 5 heteroatoms. The second kappa shape index (κ2) is 8.62. The Morgan fingerprint density at radius 2 is 1.86 bits per heavy atom. The zero-order valence-corrected chi connectivity index (χ0v) is 17.0. The average Bonchev–Trinajstić information content (AvgIpc) is 3.28. The summed E-state index contributed by atoms with van der Waals surface area (Å²) in [5, 5.41) is 4.07. The minimum Gasteiger partial charge on any atom is -0.497 e. The molecular formula is C24H27N3O2. The fourth-order valence-electron chi connectivity index (χ4n) is 4.12. The fraction of sp³-hybridized carbons (Fsp3) is 0.333. The summed E-state index contributed by atoms with van der Waals surface area (Å²) in [6.45, 7) is 4.61. The van der Waals surface area contributed by atoms with Crippen molar-refractivity contribution in [3.8, 4) is 5.75 Å². The summed E-state index contributed by atoms with van der Waals surface area (Å²) in [5.41, 5.74) is 3.58. The van der Waals surface area contributed by atoms with Crippen LogP contribution in [0.4, 0.5) is 0 Å². The van der Waals surface area contributed by atoms with Gasteiger partial charge in [-0.25, -0.2) is 0 Å². The summed E-state index contributed by atoms with van der Waals surface area (Å²) >= 11 is 0. The number of likely N-dealkylation sites (tertiary alicyclic amines) is 1.